The zero-order valence-corrected chi connectivity index (χ0v) is 13.9. The summed E-state index contributed by atoms with van der Waals surface area (Å²) in [6.45, 7) is 4.90. The predicted molar refractivity (Wildman–Crippen MR) is 85.3 cm³/mol. The molecule has 1 aliphatic rings. The fourth-order valence-electron chi connectivity index (χ4n) is 3.09. The second kappa shape index (κ2) is 7.07. The van der Waals surface area contributed by atoms with E-state index in [1.807, 2.05) is 7.05 Å². The van der Waals surface area contributed by atoms with E-state index >= 15 is 0 Å². The van der Waals surface area contributed by atoms with Crippen LogP contribution in [0.1, 0.15) is 29.3 Å². The van der Waals surface area contributed by atoms with Crippen molar-refractivity contribution in [3.63, 3.8) is 0 Å². The summed E-state index contributed by atoms with van der Waals surface area (Å²) in [7, 11) is 2.05. The van der Waals surface area contributed by atoms with Gasteiger partial charge in [-0.25, -0.2) is 4.39 Å². The van der Waals surface area contributed by atoms with Gasteiger partial charge in [0, 0.05) is 32.6 Å². The number of rotatable bonds is 5. The number of nitrogens with zero attached hydrogens (tertiary/aromatic N) is 5. The van der Waals surface area contributed by atoms with E-state index in [9.17, 15) is 4.39 Å². The van der Waals surface area contributed by atoms with E-state index in [1.165, 1.54) is 12.1 Å². The lowest BCUT2D eigenvalue weighted by Crippen LogP contribution is -2.34. The van der Waals surface area contributed by atoms with Gasteiger partial charge in [0.2, 0.25) is 11.8 Å². The van der Waals surface area contributed by atoms with Crippen molar-refractivity contribution in [1.29, 1.82) is 5.26 Å². The Kier molecular flexibility index (Phi) is 4.88. The smallest absolute Gasteiger partial charge is 0.230 e. The van der Waals surface area contributed by atoms with Crippen molar-refractivity contribution in [3.8, 4) is 6.07 Å². The molecule has 6 nitrogen and oxygen atoms in total. The zero-order valence-electron chi connectivity index (χ0n) is 13.9. The topological polar surface area (TPSA) is 69.2 Å². The number of aromatic nitrogens is 2. The normalized spacial score (nSPS) is 18.2. The third kappa shape index (κ3) is 3.78. The SMILES string of the molecule is Cc1nnc(CN(C)[C@@H]2CCN(Cc3ccc(F)cc3C#N)C2)o1. The Labute approximate surface area is 140 Å². The van der Waals surface area contributed by atoms with Crippen LogP contribution in [0.3, 0.4) is 0 Å². The molecule has 0 amide bonds. The van der Waals surface area contributed by atoms with Crippen LogP contribution >= 0.6 is 0 Å². The third-order valence-corrected chi connectivity index (χ3v) is 4.41. The van der Waals surface area contributed by atoms with Crippen molar-refractivity contribution in [2.45, 2.75) is 32.5 Å². The van der Waals surface area contributed by atoms with Crippen LogP contribution in [0.4, 0.5) is 4.39 Å². The molecule has 0 saturated carbocycles. The molecule has 0 unspecified atom stereocenters. The van der Waals surface area contributed by atoms with Gasteiger partial charge in [-0.05, 0) is 31.2 Å². The lowest BCUT2D eigenvalue weighted by atomic mass is 10.1. The van der Waals surface area contributed by atoms with Gasteiger partial charge < -0.3 is 4.42 Å². The molecule has 0 radical (unpaired) electrons. The highest BCUT2D eigenvalue weighted by Crippen LogP contribution is 2.20. The number of benzene rings is 1. The van der Waals surface area contributed by atoms with Gasteiger partial charge in [0.15, 0.2) is 0 Å². The molecule has 24 heavy (non-hydrogen) atoms. The van der Waals surface area contributed by atoms with Gasteiger partial charge >= 0.3 is 0 Å². The highest BCUT2D eigenvalue weighted by atomic mass is 19.1. The Morgan fingerprint density at radius 2 is 2.29 bits per heavy atom. The Bertz CT molecular complexity index is 754. The Morgan fingerprint density at radius 1 is 1.46 bits per heavy atom. The maximum absolute atomic E-state index is 13.2. The summed E-state index contributed by atoms with van der Waals surface area (Å²) < 4.78 is 18.7. The minimum Gasteiger partial charge on any atom is -0.424 e. The molecule has 1 atom stereocenters. The molecule has 0 bridgehead atoms. The molecule has 0 N–H and O–H groups in total. The molecule has 1 fully saturated rings. The third-order valence-electron chi connectivity index (χ3n) is 4.41. The van der Waals surface area contributed by atoms with Crippen molar-refractivity contribution in [2.24, 2.45) is 0 Å². The minimum atomic E-state index is -0.371. The van der Waals surface area contributed by atoms with Crippen molar-refractivity contribution in [1.82, 2.24) is 20.0 Å². The lowest BCUT2D eigenvalue weighted by molar-refractivity contribution is 0.204. The number of aryl methyl sites for hydroxylation is 1. The van der Waals surface area contributed by atoms with E-state index in [4.69, 9.17) is 9.68 Å². The summed E-state index contributed by atoms with van der Waals surface area (Å²) in [5.41, 5.74) is 1.28. The molecule has 3 rings (SSSR count). The van der Waals surface area contributed by atoms with E-state index in [0.717, 1.165) is 25.1 Å². The molecule has 2 aromatic rings. The summed E-state index contributed by atoms with van der Waals surface area (Å²) in [5, 5.41) is 17.0. The van der Waals surface area contributed by atoms with Crippen molar-refractivity contribution in [3.05, 3.63) is 46.9 Å². The van der Waals surface area contributed by atoms with Crippen LogP contribution < -0.4 is 0 Å². The first-order valence-corrected chi connectivity index (χ1v) is 7.95. The second-order valence-electron chi connectivity index (χ2n) is 6.22. The van der Waals surface area contributed by atoms with Gasteiger partial charge in [-0.15, -0.1) is 10.2 Å². The van der Waals surface area contributed by atoms with E-state index < -0.39 is 0 Å². The number of halogens is 1. The number of hydrogen-bond donors (Lipinski definition) is 0. The maximum Gasteiger partial charge on any atom is 0.230 e. The van der Waals surface area contributed by atoms with Crippen LogP contribution in [0, 0.1) is 24.1 Å². The highest BCUT2D eigenvalue weighted by Gasteiger charge is 2.27. The van der Waals surface area contributed by atoms with Crippen LogP contribution in [-0.2, 0) is 13.1 Å². The first kappa shape index (κ1) is 16.6. The van der Waals surface area contributed by atoms with Crippen molar-refractivity contribution >= 4 is 0 Å². The largest absolute Gasteiger partial charge is 0.424 e. The molecule has 1 saturated heterocycles. The minimum absolute atomic E-state index is 0.371. The first-order chi connectivity index (χ1) is 11.5. The molecule has 2 heterocycles. The van der Waals surface area contributed by atoms with Gasteiger partial charge in [-0.1, -0.05) is 6.07 Å². The van der Waals surface area contributed by atoms with Gasteiger partial charge in [-0.2, -0.15) is 5.26 Å². The van der Waals surface area contributed by atoms with E-state index in [2.05, 4.69) is 26.1 Å². The summed E-state index contributed by atoms with van der Waals surface area (Å²) in [6, 6.07) is 6.88. The molecule has 126 valence electrons. The quantitative estimate of drug-likeness (QED) is 0.837. The Hall–Kier alpha value is -2.30. The number of likely N-dealkylation sites (tertiary alicyclic amines) is 1. The summed E-state index contributed by atoms with van der Waals surface area (Å²) in [4.78, 5) is 4.50. The molecule has 7 heteroatoms. The van der Waals surface area contributed by atoms with E-state index in [1.54, 1.807) is 13.0 Å². The number of nitriles is 1. The van der Waals surface area contributed by atoms with E-state index in [-0.39, 0.29) is 5.82 Å². The predicted octanol–water partition coefficient (Wildman–Crippen LogP) is 2.10. The zero-order chi connectivity index (χ0) is 17.1. The first-order valence-electron chi connectivity index (χ1n) is 7.95. The van der Waals surface area contributed by atoms with Crippen LogP contribution in [-0.4, -0.2) is 46.2 Å². The maximum atomic E-state index is 13.2. The van der Waals surface area contributed by atoms with Gasteiger partial charge in [-0.3, -0.25) is 9.80 Å². The van der Waals surface area contributed by atoms with Crippen LogP contribution in [0.2, 0.25) is 0 Å². The van der Waals surface area contributed by atoms with Crippen LogP contribution in [0.15, 0.2) is 22.6 Å². The summed E-state index contributed by atoms with van der Waals surface area (Å²) in [5.74, 6) is 0.828. The fourth-order valence-corrected chi connectivity index (χ4v) is 3.09. The second-order valence-corrected chi connectivity index (χ2v) is 6.22. The average Bonchev–Trinajstić information content (AvgIpc) is 3.18. The molecular formula is C17H20FN5O. The van der Waals surface area contributed by atoms with Gasteiger partial charge in [0.05, 0.1) is 18.2 Å². The fraction of sp³-hybridized carbons (Fsp3) is 0.471. The molecule has 1 aromatic heterocycles. The Balaban J connectivity index is 1.58. The van der Waals surface area contributed by atoms with Gasteiger partial charge in [0.25, 0.3) is 0 Å². The highest BCUT2D eigenvalue weighted by molar-refractivity contribution is 5.37. The standard InChI is InChI=1S/C17H20FN5O/c1-12-20-21-17(24-12)11-22(2)16-5-6-23(10-16)9-13-3-4-15(18)7-14(13)8-19/h3-4,7,16H,5-6,9-11H2,1-2H3/t16-/m1/s1. The number of likely N-dealkylation sites (N-methyl/N-ethyl adjacent to an activating group) is 1. The molecule has 0 aliphatic carbocycles. The van der Waals surface area contributed by atoms with Gasteiger partial charge in [0.1, 0.15) is 5.82 Å². The lowest BCUT2D eigenvalue weighted by Gasteiger charge is -2.23. The number of hydrogen-bond acceptors (Lipinski definition) is 6. The molecular weight excluding hydrogens is 309 g/mol. The summed E-state index contributed by atoms with van der Waals surface area (Å²) >= 11 is 0. The van der Waals surface area contributed by atoms with Crippen molar-refractivity contribution in [2.75, 3.05) is 20.1 Å². The van der Waals surface area contributed by atoms with Crippen LogP contribution in [0.5, 0.6) is 0 Å². The monoisotopic (exact) mass is 329 g/mol. The average molecular weight is 329 g/mol. The van der Waals surface area contributed by atoms with Crippen molar-refractivity contribution < 1.29 is 8.81 Å². The van der Waals surface area contributed by atoms with Crippen LogP contribution in [0.25, 0.3) is 0 Å². The molecule has 0 spiro atoms. The summed E-state index contributed by atoms with van der Waals surface area (Å²) in [6.07, 6.45) is 1.03. The Morgan fingerprint density at radius 3 is 3.00 bits per heavy atom. The molecule has 1 aromatic carbocycles. The van der Waals surface area contributed by atoms with E-state index in [0.29, 0.717) is 36.5 Å². The molecule has 1 aliphatic heterocycles.